The zero-order valence-corrected chi connectivity index (χ0v) is 15.8. The zero-order chi connectivity index (χ0) is 19.1. The van der Waals surface area contributed by atoms with Gasteiger partial charge in [0.05, 0.1) is 6.04 Å². The monoisotopic (exact) mass is 365 g/mol. The topological polar surface area (TPSA) is 104 Å². The van der Waals surface area contributed by atoms with E-state index in [9.17, 15) is 19.2 Å². The molecule has 2 fully saturated rings. The summed E-state index contributed by atoms with van der Waals surface area (Å²) in [6, 6.07) is -1.37. The number of hydrogen-bond acceptors (Lipinski definition) is 4. The van der Waals surface area contributed by atoms with Crippen LogP contribution in [0.2, 0.25) is 0 Å². The third-order valence-electron chi connectivity index (χ3n) is 5.31. The maximum absolute atomic E-state index is 12.6. The number of piperidine rings is 1. The average molecular weight is 365 g/mol. The van der Waals surface area contributed by atoms with Crippen LogP contribution >= 0.6 is 0 Å². The predicted molar refractivity (Wildman–Crippen MR) is 97.1 cm³/mol. The fourth-order valence-electron chi connectivity index (χ4n) is 3.94. The van der Waals surface area contributed by atoms with Gasteiger partial charge in [-0.2, -0.15) is 0 Å². The Morgan fingerprint density at radius 3 is 2.54 bits per heavy atom. The summed E-state index contributed by atoms with van der Waals surface area (Å²) in [6.07, 6.45) is 5.24. The first-order chi connectivity index (χ1) is 12.4. The van der Waals surface area contributed by atoms with E-state index < -0.39 is 12.1 Å². The molecule has 0 spiro atoms. The summed E-state index contributed by atoms with van der Waals surface area (Å²) in [6.45, 7) is 4.61. The molecule has 2 aliphatic rings. The quantitative estimate of drug-likeness (QED) is 0.647. The Morgan fingerprint density at radius 1 is 1.08 bits per heavy atom. The predicted octanol–water partition coefficient (Wildman–Crippen LogP) is 0.917. The number of nitrogens with one attached hydrogen (secondary N) is 3. The van der Waals surface area contributed by atoms with Crippen LogP contribution in [0.4, 0.5) is 0 Å². The minimum atomic E-state index is -0.717. The van der Waals surface area contributed by atoms with E-state index >= 15 is 0 Å². The highest BCUT2D eigenvalue weighted by Gasteiger charge is 2.35. The highest BCUT2D eigenvalue weighted by molar-refractivity contribution is 5.89. The molecule has 0 aromatic carbocycles. The van der Waals surface area contributed by atoms with Crippen LogP contribution in [0.5, 0.6) is 0 Å². The Kier molecular flexibility index (Phi) is 7.60. The van der Waals surface area contributed by atoms with Crippen LogP contribution in [0.25, 0.3) is 0 Å². The standard InChI is InChI=1S/C19H31N3O4/c1-12(2)9-16-19(26)21-14(11-23)10-15-13(7-8-20-18(15)25)5-3-4-6-17(24)22-16/h11-16H,3-10H2,1-2H3,(H,20,25)(H,21,26)(H,22,24)/t13-,14+,15+,16+/m1/s1. The van der Waals surface area contributed by atoms with Gasteiger partial charge in [-0.1, -0.05) is 20.3 Å². The van der Waals surface area contributed by atoms with Crippen molar-refractivity contribution in [2.24, 2.45) is 17.8 Å². The summed E-state index contributed by atoms with van der Waals surface area (Å²) < 4.78 is 0. The van der Waals surface area contributed by atoms with E-state index in [0.717, 1.165) is 25.7 Å². The molecular formula is C19H31N3O4. The fraction of sp³-hybridized carbons (Fsp3) is 0.789. The molecule has 0 saturated carbocycles. The lowest BCUT2D eigenvalue weighted by Crippen LogP contribution is -2.52. The number of carbonyl (C=O) groups excluding carboxylic acids is 4. The van der Waals surface area contributed by atoms with E-state index in [2.05, 4.69) is 16.0 Å². The molecule has 3 amide bonds. The Morgan fingerprint density at radius 2 is 1.85 bits per heavy atom. The molecule has 0 aromatic heterocycles. The van der Waals surface area contributed by atoms with Crippen LogP contribution in [0.1, 0.15) is 58.8 Å². The molecule has 0 aliphatic carbocycles. The molecule has 2 heterocycles. The van der Waals surface area contributed by atoms with Gasteiger partial charge in [0, 0.05) is 18.9 Å². The average Bonchev–Trinajstić information content (AvgIpc) is 2.59. The maximum atomic E-state index is 12.6. The first-order valence-corrected chi connectivity index (χ1v) is 9.73. The highest BCUT2D eigenvalue weighted by Crippen LogP contribution is 2.29. The van der Waals surface area contributed by atoms with Gasteiger partial charge >= 0.3 is 0 Å². The van der Waals surface area contributed by atoms with Crippen LogP contribution in [0, 0.1) is 17.8 Å². The molecular weight excluding hydrogens is 334 g/mol. The summed E-state index contributed by atoms with van der Waals surface area (Å²) in [7, 11) is 0. The molecule has 0 aromatic rings. The number of fused-ring (bicyclic) bond motifs is 1. The van der Waals surface area contributed by atoms with E-state index in [-0.39, 0.29) is 35.5 Å². The summed E-state index contributed by atoms with van der Waals surface area (Å²) in [5, 5.41) is 8.41. The third-order valence-corrected chi connectivity index (χ3v) is 5.31. The zero-order valence-electron chi connectivity index (χ0n) is 15.8. The van der Waals surface area contributed by atoms with Crippen LogP contribution in [-0.2, 0) is 19.2 Å². The summed E-state index contributed by atoms with van der Waals surface area (Å²) in [5.74, 6) is -0.373. The lowest BCUT2D eigenvalue weighted by atomic mass is 9.78. The van der Waals surface area contributed by atoms with Crippen molar-refractivity contribution < 1.29 is 19.2 Å². The van der Waals surface area contributed by atoms with Crippen molar-refractivity contribution in [3.8, 4) is 0 Å². The van der Waals surface area contributed by atoms with Gasteiger partial charge in [0.25, 0.3) is 0 Å². The van der Waals surface area contributed by atoms with Gasteiger partial charge in [-0.25, -0.2) is 0 Å². The van der Waals surface area contributed by atoms with Crippen LogP contribution in [0.3, 0.4) is 0 Å². The van der Waals surface area contributed by atoms with Crippen molar-refractivity contribution in [2.75, 3.05) is 6.54 Å². The lowest BCUT2D eigenvalue weighted by Gasteiger charge is -2.32. The second-order valence-corrected chi connectivity index (χ2v) is 7.93. The van der Waals surface area contributed by atoms with E-state index in [4.69, 9.17) is 0 Å². The number of carbonyl (C=O) groups is 4. The van der Waals surface area contributed by atoms with Gasteiger partial charge in [0.15, 0.2) is 0 Å². The van der Waals surface area contributed by atoms with E-state index in [1.807, 2.05) is 13.8 Å². The van der Waals surface area contributed by atoms with Crippen molar-refractivity contribution in [1.29, 1.82) is 0 Å². The first-order valence-electron chi connectivity index (χ1n) is 9.73. The molecule has 4 atom stereocenters. The molecule has 0 radical (unpaired) electrons. The molecule has 0 unspecified atom stereocenters. The van der Waals surface area contributed by atoms with Gasteiger partial charge in [-0.15, -0.1) is 0 Å². The van der Waals surface area contributed by atoms with Crippen LogP contribution in [-0.4, -0.2) is 42.6 Å². The lowest BCUT2D eigenvalue weighted by molar-refractivity contribution is -0.132. The number of aldehydes is 1. The van der Waals surface area contributed by atoms with Crippen molar-refractivity contribution in [3.63, 3.8) is 0 Å². The summed E-state index contributed by atoms with van der Waals surface area (Å²) in [4.78, 5) is 48.6. The minimum Gasteiger partial charge on any atom is -0.356 e. The van der Waals surface area contributed by atoms with Gasteiger partial charge < -0.3 is 20.7 Å². The molecule has 0 bridgehead atoms. The highest BCUT2D eigenvalue weighted by atomic mass is 16.2. The number of amides is 3. The van der Waals surface area contributed by atoms with E-state index in [1.54, 1.807) is 0 Å². The number of rotatable bonds is 3. The van der Waals surface area contributed by atoms with Gasteiger partial charge in [-0.05, 0) is 43.9 Å². The smallest absolute Gasteiger partial charge is 0.243 e. The largest absolute Gasteiger partial charge is 0.356 e. The van der Waals surface area contributed by atoms with Crippen molar-refractivity contribution in [3.05, 3.63) is 0 Å². The van der Waals surface area contributed by atoms with Crippen molar-refractivity contribution in [1.82, 2.24) is 16.0 Å². The SMILES string of the molecule is CC(C)C[C@@H]1NC(=O)CCCC[C@@H]2CCNC(=O)[C@H]2C[C@@H](C=O)NC1=O. The Balaban J connectivity index is 2.18. The molecule has 7 nitrogen and oxygen atoms in total. The van der Waals surface area contributed by atoms with Crippen molar-refractivity contribution >= 4 is 24.0 Å². The molecule has 7 heteroatoms. The second kappa shape index (κ2) is 9.69. The van der Waals surface area contributed by atoms with Crippen LogP contribution in [0.15, 0.2) is 0 Å². The normalized spacial score (nSPS) is 31.4. The van der Waals surface area contributed by atoms with E-state index in [0.29, 0.717) is 32.1 Å². The molecule has 2 saturated heterocycles. The molecule has 2 aliphatic heterocycles. The third kappa shape index (κ3) is 5.81. The molecule has 26 heavy (non-hydrogen) atoms. The maximum Gasteiger partial charge on any atom is 0.243 e. The summed E-state index contributed by atoms with van der Waals surface area (Å²) in [5.41, 5.74) is 0. The van der Waals surface area contributed by atoms with Crippen molar-refractivity contribution in [2.45, 2.75) is 70.9 Å². The molecule has 2 rings (SSSR count). The first kappa shape index (κ1) is 20.4. The van der Waals surface area contributed by atoms with Gasteiger partial charge in [0.1, 0.15) is 12.3 Å². The van der Waals surface area contributed by atoms with Crippen LogP contribution < -0.4 is 16.0 Å². The van der Waals surface area contributed by atoms with E-state index in [1.165, 1.54) is 0 Å². The summed E-state index contributed by atoms with van der Waals surface area (Å²) >= 11 is 0. The van der Waals surface area contributed by atoms with Gasteiger partial charge in [0.2, 0.25) is 17.7 Å². The Bertz CT molecular complexity index is 535. The Labute approximate surface area is 155 Å². The molecule has 146 valence electrons. The van der Waals surface area contributed by atoms with Gasteiger partial charge in [-0.3, -0.25) is 14.4 Å². The minimum absolute atomic E-state index is 0.0369. The molecule has 3 N–H and O–H groups in total. The fourth-order valence-corrected chi connectivity index (χ4v) is 3.94. The Hall–Kier alpha value is -1.92. The second-order valence-electron chi connectivity index (χ2n) is 7.93. The number of hydrogen-bond donors (Lipinski definition) is 3.